The second-order valence-electron chi connectivity index (χ2n) is 4.08. The molecule has 2 heterocycles. The molecule has 9 heteroatoms. The number of aliphatic imine (C=N–C) groups is 1. The molecule has 1 N–H and O–H groups in total. The molecular weight excluding hydrogens is 333 g/mol. The van der Waals surface area contributed by atoms with Gasteiger partial charge in [0, 0.05) is 11.2 Å². The van der Waals surface area contributed by atoms with E-state index >= 15 is 0 Å². The molecule has 0 saturated carbocycles. The largest absolute Gasteiger partial charge is 0.254 e. The van der Waals surface area contributed by atoms with Crippen molar-refractivity contribution in [2.75, 3.05) is 5.01 Å². The molecule has 0 spiro atoms. The van der Waals surface area contributed by atoms with Crippen LogP contribution in [0, 0.1) is 10.2 Å². The lowest BCUT2D eigenvalue weighted by atomic mass is 10.3. The Balaban J connectivity index is 0.000000309. The molecule has 0 amide bonds. The Labute approximate surface area is 133 Å². The Kier molecular flexibility index (Phi) is 5.19. The molecule has 0 bridgehead atoms. The van der Waals surface area contributed by atoms with Crippen LogP contribution in [0.2, 0.25) is 5.02 Å². The highest BCUT2D eigenvalue weighted by molar-refractivity contribution is 6.30. The van der Waals surface area contributed by atoms with E-state index in [0.29, 0.717) is 0 Å². The van der Waals surface area contributed by atoms with Gasteiger partial charge in [0.25, 0.3) is 0 Å². The highest BCUT2D eigenvalue weighted by atomic mass is 35.7. The van der Waals surface area contributed by atoms with E-state index < -0.39 is 10.2 Å². The van der Waals surface area contributed by atoms with Crippen molar-refractivity contribution in [1.82, 2.24) is 5.01 Å². The third kappa shape index (κ3) is 4.85. The zero-order chi connectivity index (χ0) is 16.2. The number of hydrogen-bond acceptors (Lipinski definition) is 7. The zero-order valence-corrected chi connectivity index (χ0v) is 12.6. The maximum absolute atomic E-state index is 8.60. The minimum absolute atomic E-state index is 0.729. The van der Waals surface area contributed by atoms with Gasteiger partial charge in [0.05, 0.1) is 32.5 Å². The molecule has 2 aliphatic heterocycles. The van der Waals surface area contributed by atoms with Crippen LogP contribution in [0.1, 0.15) is 0 Å². The Bertz CT molecular complexity index is 630. The summed E-state index contributed by atoms with van der Waals surface area (Å²) in [7, 11) is -4.69. The Morgan fingerprint density at radius 1 is 1.05 bits per heavy atom. The average molecular weight is 344 g/mol. The van der Waals surface area contributed by atoms with Crippen molar-refractivity contribution in [2.45, 2.75) is 0 Å². The van der Waals surface area contributed by atoms with Crippen molar-refractivity contribution in [3.05, 3.63) is 65.6 Å². The van der Waals surface area contributed by atoms with Crippen LogP contribution in [0.5, 0.6) is 0 Å². The molecule has 0 aromatic heterocycles. The monoisotopic (exact) mass is 343 g/mol. The molecule has 2 aliphatic rings. The van der Waals surface area contributed by atoms with Crippen molar-refractivity contribution in [1.29, 1.82) is 0 Å². The van der Waals surface area contributed by atoms with Gasteiger partial charge in [-0.05, 0) is 36.4 Å². The van der Waals surface area contributed by atoms with Gasteiger partial charge in [0.1, 0.15) is 6.34 Å². The second-order valence-corrected chi connectivity index (χ2v) is 5.31. The van der Waals surface area contributed by atoms with Gasteiger partial charge in [-0.3, -0.25) is 5.01 Å². The summed E-state index contributed by atoms with van der Waals surface area (Å²) in [4.78, 5) is 4.22. The first-order valence-electron chi connectivity index (χ1n) is 5.90. The number of anilines is 1. The number of hydrazine groups is 1. The van der Waals surface area contributed by atoms with Crippen LogP contribution in [-0.4, -0.2) is 16.0 Å². The fourth-order valence-corrected chi connectivity index (χ4v) is 1.89. The van der Waals surface area contributed by atoms with E-state index in [9.17, 15) is 0 Å². The highest BCUT2D eigenvalue weighted by Gasteiger charge is 2.18. The van der Waals surface area contributed by atoms with Gasteiger partial charge < -0.3 is 0 Å². The van der Waals surface area contributed by atoms with Crippen LogP contribution in [0.25, 0.3) is 0 Å². The number of nitrogens with zero attached hydrogens (tertiary/aromatic N) is 3. The van der Waals surface area contributed by atoms with Gasteiger partial charge >= 0.3 is 0 Å². The van der Waals surface area contributed by atoms with E-state index in [1.807, 2.05) is 64.9 Å². The summed E-state index contributed by atoms with van der Waals surface area (Å²) < 4.78 is 32.7. The lowest BCUT2D eigenvalue weighted by molar-refractivity contribution is -1.92. The molecule has 0 atom stereocenters. The van der Waals surface area contributed by atoms with Gasteiger partial charge in [-0.1, -0.05) is 17.7 Å². The van der Waals surface area contributed by atoms with Crippen LogP contribution in [-0.2, 0) is 0 Å². The van der Waals surface area contributed by atoms with E-state index in [-0.39, 0.29) is 0 Å². The average Bonchev–Trinajstić information content (AvgIpc) is 2.46. The number of allylic oxidation sites excluding steroid dienone is 3. The van der Waals surface area contributed by atoms with E-state index in [1.54, 1.807) is 6.34 Å². The third-order valence-corrected chi connectivity index (χ3v) is 2.83. The molecular formula is C13H11Cl2N3O4. The maximum atomic E-state index is 8.60. The summed E-state index contributed by atoms with van der Waals surface area (Å²) in [6.07, 6.45) is 11.6. The molecule has 22 heavy (non-hydrogen) atoms. The standard InChI is InChI=1S/C13H10ClN3.ClHO4/c14-11-4-6-12(7-5-11)17-10-15-9-13-3-1-2-8-16(13)17;2-1(3,4)5/h1-10H;(H,2,3,4,5). The molecule has 0 unspecified atom stereocenters. The molecule has 7 nitrogen and oxygen atoms in total. The number of hydrogen-bond donors (Lipinski definition) is 1. The molecule has 0 aliphatic carbocycles. The smallest absolute Gasteiger partial charge is 0.116 e. The lowest BCUT2D eigenvalue weighted by Gasteiger charge is -2.35. The summed E-state index contributed by atoms with van der Waals surface area (Å²) in [5.74, 6) is 0. The van der Waals surface area contributed by atoms with E-state index in [1.165, 1.54) is 0 Å². The van der Waals surface area contributed by atoms with Crippen LogP contribution >= 0.6 is 11.6 Å². The number of benzene rings is 1. The number of halogens is 2. The fraction of sp³-hybridized carbons (Fsp3) is 0. The summed E-state index contributed by atoms with van der Waals surface area (Å²) in [6.45, 7) is 0. The fourth-order valence-electron chi connectivity index (χ4n) is 1.76. The van der Waals surface area contributed by atoms with E-state index in [4.69, 9.17) is 30.2 Å². The molecule has 116 valence electrons. The van der Waals surface area contributed by atoms with Crippen molar-refractivity contribution >= 4 is 23.6 Å². The molecule has 3 rings (SSSR count). The predicted octanol–water partition coefficient (Wildman–Crippen LogP) is -0.794. The first-order valence-corrected chi connectivity index (χ1v) is 7.54. The number of rotatable bonds is 1. The van der Waals surface area contributed by atoms with Crippen LogP contribution in [0.15, 0.2) is 65.6 Å². The second kappa shape index (κ2) is 6.93. The van der Waals surface area contributed by atoms with Gasteiger partial charge in [-0.2, -0.15) is 14.0 Å². The third-order valence-electron chi connectivity index (χ3n) is 2.58. The van der Waals surface area contributed by atoms with Crippen molar-refractivity contribution in [3.8, 4) is 0 Å². The van der Waals surface area contributed by atoms with Crippen LogP contribution < -0.4 is 19.0 Å². The zero-order valence-electron chi connectivity index (χ0n) is 11.0. The molecule has 1 aromatic rings. The van der Waals surface area contributed by atoms with Gasteiger partial charge in [0.2, 0.25) is 0 Å². The quantitative estimate of drug-likeness (QED) is 0.715. The van der Waals surface area contributed by atoms with Gasteiger partial charge in [0.15, 0.2) is 0 Å². The van der Waals surface area contributed by atoms with Crippen molar-refractivity contribution < 1.29 is 28.9 Å². The summed E-state index contributed by atoms with van der Waals surface area (Å²) >= 11 is 5.89. The van der Waals surface area contributed by atoms with Gasteiger partial charge in [-0.25, -0.2) is 10.0 Å². The van der Waals surface area contributed by atoms with E-state index in [2.05, 4.69) is 4.99 Å². The SMILES string of the molecule is Clc1ccc(N2C=NC=C3C=CC=CN32)cc1.[O-][Cl+3]([O-])([O-])O. The predicted molar refractivity (Wildman–Crippen MR) is 72.8 cm³/mol. The molecule has 1 aromatic carbocycles. The summed E-state index contributed by atoms with van der Waals surface area (Å²) in [5.41, 5.74) is 2.05. The Morgan fingerprint density at radius 2 is 1.68 bits per heavy atom. The van der Waals surface area contributed by atoms with Crippen molar-refractivity contribution in [2.24, 2.45) is 4.99 Å². The Morgan fingerprint density at radius 3 is 2.32 bits per heavy atom. The molecule has 0 radical (unpaired) electrons. The van der Waals surface area contributed by atoms with Crippen LogP contribution in [0.3, 0.4) is 0 Å². The van der Waals surface area contributed by atoms with Crippen molar-refractivity contribution in [3.63, 3.8) is 0 Å². The topological polar surface area (TPSA) is 108 Å². The summed E-state index contributed by atoms with van der Waals surface area (Å²) in [5, 5.41) is 4.72. The van der Waals surface area contributed by atoms with Gasteiger partial charge in [-0.15, -0.1) is 0 Å². The number of fused-ring (bicyclic) bond motifs is 1. The van der Waals surface area contributed by atoms with E-state index in [0.717, 1.165) is 16.4 Å². The summed E-state index contributed by atoms with van der Waals surface area (Å²) in [6, 6.07) is 7.66. The first-order chi connectivity index (χ1) is 10.3. The molecule has 0 fully saturated rings. The Hall–Kier alpha value is -1.87. The minimum Gasteiger partial charge on any atom is -0.254 e. The highest BCUT2D eigenvalue weighted by Crippen LogP contribution is 2.25. The normalized spacial score (nSPS) is 16.0. The lowest BCUT2D eigenvalue weighted by Crippen LogP contribution is -2.58. The molecule has 0 saturated heterocycles. The first kappa shape index (κ1) is 16.5. The maximum Gasteiger partial charge on any atom is 0.116 e. The van der Waals surface area contributed by atoms with Crippen LogP contribution in [0.4, 0.5) is 5.69 Å². The minimum atomic E-state index is -4.69.